The summed E-state index contributed by atoms with van der Waals surface area (Å²) >= 11 is 0. The molecule has 1 aliphatic rings. The molecule has 1 aliphatic carbocycles. The first-order chi connectivity index (χ1) is 12.3. The number of amides is 1. The molecule has 1 amide bonds. The van der Waals surface area contributed by atoms with Gasteiger partial charge < -0.3 is 0 Å². The Hall–Kier alpha value is -3.05. The van der Waals surface area contributed by atoms with Crippen LogP contribution in [0, 0.1) is 5.92 Å². The normalized spacial score (nSPS) is 21.6. The van der Waals surface area contributed by atoms with E-state index in [1.54, 1.807) is 12.4 Å². The van der Waals surface area contributed by atoms with Crippen molar-refractivity contribution in [2.75, 3.05) is 0 Å². The molecular weight excluding hydrogens is 314 g/mol. The Kier molecular flexibility index (Phi) is 3.99. The van der Waals surface area contributed by atoms with E-state index in [4.69, 9.17) is 5.21 Å². The van der Waals surface area contributed by atoms with Gasteiger partial charge in [0.1, 0.15) is 0 Å². The lowest BCUT2D eigenvalue weighted by Crippen LogP contribution is -2.21. The summed E-state index contributed by atoms with van der Waals surface area (Å²) in [6.07, 6.45) is 3.39. The van der Waals surface area contributed by atoms with Crippen LogP contribution in [0.2, 0.25) is 0 Å². The van der Waals surface area contributed by atoms with Crippen molar-refractivity contribution in [3.05, 3.63) is 84.2 Å². The summed E-state index contributed by atoms with van der Waals surface area (Å²) < 4.78 is 0. The Labute approximate surface area is 145 Å². The van der Waals surface area contributed by atoms with Crippen LogP contribution >= 0.6 is 0 Å². The second kappa shape index (κ2) is 6.45. The van der Waals surface area contributed by atoms with E-state index in [9.17, 15) is 4.79 Å². The van der Waals surface area contributed by atoms with Gasteiger partial charge in [-0.1, -0.05) is 54.6 Å². The van der Waals surface area contributed by atoms with Crippen LogP contribution in [0.1, 0.15) is 23.0 Å². The fourth-order valence-corrected chi connectivity index (χ4v) is 3.58. The molecule has 1 aromatic heterocycles. The molecule has 3 atom stereocenters. The molecule has 0 spiro atoms. The van der Waals surface area contributed by atoms with Crippen molar-refractivity contribution >= 4 is 5.91 Å². The molecular formula is C20H17N3O2. The standard InChI is InChI=1S/C20H17N3O2/c24-20(23-25)19-17(14-4-2-1-3-5-14)18(19)15-8-6-13(7-9-15)16-10-11-21-22-12-16/h1-12,17-19,25H,(H,23,24)/t17-,18-,19-/m1/s1. The van der Waals surface area contributed by atoms with Crippen molar-refractivity contribution in [2.45, 2.75) is 11.8 Å². The molecule has 2 aromatic carbocycles. The average molecular weight is 331 g/mol. The minimum atomic E-state index is -0.332. The van der Waals surface area contributed by atoms with E-state index < -0.39 is 0 Å². The monoisotopic (exact) mass is 331 g/mol. The van der Waals surface area contributed by atoms with Crippen LogP contribution < -0.4 is 5.48 Å². The van der Waals surface area contributed by atoms with Gasteiger partial charge in [0, 0.05) is 17.4 Å². The zero-order chi connectivity index (χ0) is 17.2. The number of hydrogen-bond acceptors (Lipinski definition) is 4. The third kappa shape index (κ3) is 2.90. The predicted octanol–water partition coefficient (Wildman–Crippen LogP) is 3.15. The van der Waals surface area contributed by atoms with Crippen molar-refractivity contribution < 1.29 is 10.0 Å². The Morgan fingerprint density at radius 1 is 0.840 bits per heavy atom. The topological polar surface area (TPSA) is 75.1 Å². The predicted molar refractivity (Wildman–Crippen MR) is 92.8 cm³/mol. The first-order valence-corrected chi connectivity index (χ1v) is 8.15. The van der Waals surface area contributed by atoms with Gasteiger partial charge in [-0.05, 0) is 22.8 Å². The molecule has 0 saturated heterocycles. The molecule has 3 aromatic rings. The van der Waals surface area contributed by atoms with Gasteiger partial charge in [0.2, 0.25) is 5.91 Å². The third-order valence-corrected chi connectivity index (χ3v) is 4.83. The zero-order valence-electron chi connectivity index (χ0n) is 13.4. The van der Waals surface area contributed by atoms with Crippen LogP contribution in [0.5, 0.6) is 0 Å². The lowest BCUT2D eigenvalue weighted by atomic mass is 10.0. The second-order valence-corrected chi connectivity index (χ2v) is 6.22. The summed E-state index contributed by atoms with van der Waals surface area (Å²) in [4.78, 5) is 12.1. The van der Waals surface area contributed by atoms with Gasteiger partial charge >= 0.3 is 0 Å². The van der Waals surface area contributed by atoms with E-state index in [2.05, 4.69) is 10.2 Å². The van der Waals surface area contributed by atoms with Gasteiger partial charge in [0.05, 0.1) is 18.3 Å². The number of nitrogens with one attached hydrogen (secondary N) is 1. The summed E-state index contributed by atoms with van der Waals surface area (Å²) in [5, 5.41) is 16.7. The molecule has 0 unspecified atom stereocenters. The van der Waals surface area contributed by atoms with Crippen LogP contribution in [0.3, 0.4) is 0 Å². The highest BCUT2D eigenvalue weighted by atomic mass is 16.5. The number of aromatic nitrogens is 2. The lowest BCUT2D eigenvalue weighted by Gasteiger charge is -2.04. The van der Waals surface area contributed by atoms with Gasteiger partial charge in [-0.15, -0.1) is 0 Å². The summed E-state index contributed by atoms with van der Waals surface area (Å²) in [6, 6.07) is 20.0. The summed E-state index contributed by atoms with van der Waals surface area (Å²) in [5.74, 6) is -0.428. The van der Waals surface area contributed by atoms with E-state index in [0.717, 1.165) is 22.3 Å². The maximum absolute atomic E-state index is 12.1. The van der Waals surface area contributed by atoms with Gasteiger partial charge in [-0.25, -0.2) is 5.48 Å². The molecule has 0 bridgehead atoms. The van der Waals surface area contributed by atoms with E-state index in [0.29, 0.717) is 0 Å². The first kappa shape index (κ1) is 15.5. The number of hydroxylamine groups is 1. The van der Waals surface area contributed by atoms with Crippen molar-refractivity contribution in [3.8, 4) is 11.1 Å². The number of rotatable bonds is 4. The molecule has 1 fully saturated rings. The number of nitrogens with zero attached hydrogens (tertiary/aromatic N) is 2. The quantitative estimate of drug-likeness (QED) is 0.569. The maximum Gasteiger partial charge on any atom is 0.247 e. The van der Waals surface area contributed by atoms with Crippen LogP contribution in [-0.4, -0.2) is 21.3 Å². The van der Waals surface area contributed by atoms with E-state index in [1.807, 2.05) is 66.1 Å². The fraction of sp³-hybridized carbons (Fsp3) is 0.150. The van der Waals surface area contributed by atoms with Crippen molar-refractivity contribution in [1.29, 1.82) is 0 Å². The molecule has 0 radical (unpaired) electrons. The summed E-state index contributed by atoms with van der Waals surface area (Å²) in [7, 11) is 0. The third-order valence-electron chi connectivity index (χ3n) is 4.83. The highest BCUT2D eigenvalue weighted by Crippen LogP contribution is 2.60. The van der Waals surface area contributed by atoms with Crippen LogP contribution in [0.4, 0.5) is 0 Å². The molecule has 25 heavy (non-hydrogen) atoms. The van der Waals surface area contributed by atoms with Crippen LogP contribution in [0.15, 0.2) is 73.1 Å². The van der Waals surface area contributed by atoms with Gasteiger partial charge in [0.25, 0.3) is 0 Å². The molecule has 1 saturated carbocycles. The second-order valence-electron chi connectivity index (χ2n) is 6.22. The Balaban J connectivity index is 1.63. The molecule has 4 rings (SSSR count). The highest BCUT2D eigenvalue weighted by Gasteiger charge is 2.56. The maximum atomic E-state index is 12.1. The minimum absolute atomic E-state index is 0.0687. The Bertz CT molecular complexity index is 866. The molecule has 5 nitrogen and oxygen atoms in total. The summed E-state index contributed by atoms with van der Waals surface area (Å²) in [6.45, 7) is 0. The van der Waals surface area contributed by atoms with Gasteiger partial charge in [-0.3, -0.25) is 10.0 Å². The smallest absolute Gasteiger partial charge is 0.247 e. The zero-order valence-corrected chi connectivity index (χ0v) is 13.4. The largest absolute Gasteiger partial charge is 0.289 e. The van der Waals surface area contributed by atoms with Gasteiger partial charge in [-0.2, -0.15) is 10.2 Å². The SMILES string of the molecule is O=C(NO)[C@@H]1[C@H](c2ccccc2)[C@H]1c1ccc(-c2ccnnc2)cc1. The number of carbonyl (C=O) groups is 1. The number of benzene rings is 2. The molecule has 2 N–H and O–H groups in total. The van der Waals surface area contributed by atoms with E-state index in [1.165, 1.54) is 0 Å². The lowest BCUT2D eigenvalue weighted by molar-refractivity contribution is -0.130. The summed E-state index contributed by atoms with van der Waals surface area (Å²) in [5.41, 5.74) is 6.07. The molecule has 5 heteroatoms. The molecule has 124 valence electrons. The van der Waals surface area contributed by atoms with Crippen LogP contribution in [0.25, 0.3) is 11.1 Å². The van der Waals surface area contributed by atoms with Crippen molar-refractivity contribution in [2.24, 2.45) is 5.92 Å². The number of hydrogen-bond donors (Lipinski definition) is 2. The Morgan fingerprint density at radius 3 is 2.12 bits per heavy atom. The fourth-order valence-electron chi connectivity index (χ4n) is 3.58. The number of carbonyl (C=O) groups excluding carboxylic acids is 1. The van der Waals surface area contributed by atoms with Crippen molar-refractivity contribution in [1.82, 2.24) is 15.7 Å². The van der Waals surface area contributed by atoms with Gasteiger partial charge in [0.15, 0.2) is 0 Å². The average Bonchev–Trinajstić information content (AvgIpc) is 3.44. The first-order valence-electron chi connectivity index (χ1n) is 8.15. The minimum Gasteiger partial charge on any atom is -0.289 e. The van der Waals surface area contributed by atoms with E-state index >= 15 is 0 Å². The van der Waals surface area contributed by atoms with E-state index in [-0.39, 0.29) is 23.7 Å². The Morgan fingerprint density at radius 2 is 1.52 bits per heavy atom. The van der Waals surface area contributed by atoms with Crippen molar-refractivity contribution in [3.63, 3.8) is 0 Å². The molecule has 0 aliphatic heterocycles. The highest BCUT2D eigenvalue weighted by molar-refractivity contribution is 5.84. The van der Waals surface area contributed by atoms with Crippen LogP contribution in [-0.2, 0) is 4.79 Å². The molecule has 1 heterocycles.